The fraction of sp³-hybridized carbons (Fsp3) is 0.538. The molecule has 1 saturated carbocycles. The number of rotatable bonds is 2. The van der Waals surface area contributed by atoms with Crippen LogP contribution in [0, 0.1) is 5.92 Å². The summed E-state index contributed by atoms with van der Waals surface area (Å²) >= 11 is 14.2. The summed E-state index contributed by atoms with van der Waals surface area (Å²) in [5.74, 6) is 0.813. The molecule has 1 fully saturated rings. The van der Waals surface area contributed by atoms with Gasteiger partial charge >= 0.3 is 0 Å². The van der Waals surface area contributed by atoms with Gasteiger partial charge in [-0.3, -0.25) is 0 Å². The van der Waals surface area contributed by atoms with E-state index in [-0.39, 0.29) is 0 Å². The lowest BCUT2D eigenvalue weighted by Crippen LogP contribution is -2.15. The first-order valence-electron chi connectivity index (χ1n) is 5.97. The van der Waals surface area contributed by atoms with Crippen molar-refractivity contribution in [3.63, 3.8) is 0 Å². The third-order valence-electron chi connectivity index (χ3n) is 3.19. The van der Waals surface area contributed by atoms with Crippen molar-refractivity contribution < 1.29 is 0 Å². The zero-order chi connectivity index (χ0) is 12.4. The van der Waals surface area contributed by atoms with Crippen molar-refractivity contribution in [1.29, 1.82) is 0 Å². The Kier molecular flexibility index (Phi) is 4.51. The Bertz CT molecular complexity index is 385. The summed E-state index contributed by atoms with van der Waals surface area (Å²) in [6.45, 7) is 2.32. The molecule has 1 aromatic carbocycles. The molecule has 94 valence electrons. The normalized spacial score (nSPS) is 24.9. The number of halogens is 2. The van der Waals surface area contributed by atoms with Gasteiger partial charge in [-0.05, 0) is 30.9 Å². The van der Waals surface area contributed by atoms with Crippen molar-refractivity contribution in [2.45, 2.75) is 42.8 Å². The molecule has 1 aliphatic carbocycles. The number of nitrogen functional groups attached to an aromatic ring is 1. The molecular weight excluding hydrogens is 273 g/mol. The fourth-order valence-electron chi connectivity index (χ4n) is 2.34. The van der Waals surface area contributed by atoms with Gasteiger partial charge in [-0.1, -0.05) is 43.0 Å². The predicted molar refractivity (Wildman–Crippen MR) is 78.2 cm³/mol. The number of thioether (sulfide) groups is 1. The van der Waals surface area contributed by atoms with E-state index in [9.17, 15) is 0 Å². The van der Waals surface area contributed by atoms with Crippen molar-refractivity contribution in [2.24, 2.45) is 5.92 Å². The predicted octanol–water partition coefficient (Wildman–Crippen LogP) is 5.25. The molecule has 0 radical (unpaired) electrons. The Morgan fingerprint density at radius 1 is 1.24 bits per heavy atom. The number of nitrogens with two attached hydrogens (primary N) is 1. The molecule has 2 N–H and O–H groups in total. The SMILES string of the molecule is CC1CCCC(Sc2c(Cl)cc(N)cc2Cl)C1. The van der Waals surface area contributed by atoms with Crippen LogP contribution in [0.15, 0.2) is 17.0 Å². The first-order valence-corrected chi connectivity index (χ1v) is 7.61. The Labute approximate surface area is 117 Å². The van der Waals surface area contributed by atoms with Gasteiger partial charge in [-0.2, -0.15) is 0 Å². The van der Waals surface area contributed by atoms with Gasteiger partial charge in [0.2, 0.25) is 0 Å². The van der Waals surface area contributed by atoms with Crippen LogP contribution in [-0.2, 0) is 0 Å². The van der Waals surface area contributed by atoms with Crippen LogP contribution in [0.2, 0.25) is 10.0 Å². The van der Waals surface area contributed by atoms with Crippen LogP contribution in [-0.4, -0.2) is 5.25 Å². The Morgan fingerprint density at radius 3 is 2.47 bits per heavy atom. The van der Waals surface area contributed by atoms with Gasteiger partial charge in [0.15, 0.2) is 0 Å². The fourth-order valence-corrected chi connectivity index (χ4v) is 4.50. The summed E-state index contributed by atoms with van der Waals surface area (Å²) in [5.41, 5.74) is 6.33. The van der Waals surface area contributed by atoms with Crippen LogP contribution < -0.4 is 5.73 Å². The lowest BCUT2D eigenvalue weighted by molar-refractivity contribution is 0.394. The van der Waals surface area contributed by atoms with Crippen molar-refractivity contribution >= 4 is 40.7 Å². The summed E-state index contributed by atoms with van der Waals surface area (Å²) in [7, 11) is 0. The molecular formula is C13H17Cl2NS. The third kappa shape index (κ3) is 3.46. The minimum absolute atomic E-state index is 0.626. The molecule has 0 spiro atoms. The highest BCUT2D eigenvalue weighted by Gasteiger charge is 2.21. The molecule has 1 nitrogen and oxygen atoms in total. The van der Waals surface area contributed by atoms with Gasteiger partial charge < -0.3 is 5.73 Å². The van der Waals surface area contributed by atoms with Gasteiger partial charge in [0, 0.05) is 15.8 Å². The second-order valence-electron chi connectivity index (χ2n) is 4.83. The van der Waals surface area contributed by atoms with Gasteiger partial charge in [0.05, 0.1) is 10.0 Å². The summed E-state index contributed by atoms with van der Waals surface area (Å²) in [6, 6.07) is 3.56. The highest BCUT2D eigenvalue weighted by Crippen LogP contribution is 2.42. The van der Waals surface area contributed by atoms with Crippen molar-refractivity contribution in [1.82, 2.24) is 0 Å². The molecule has 0 bridgehead atoms. The van der Waals surface area contributed by atoms with Gasteiger partial charge in [0.25, 0.3) is 0 Å². The first kappa shape index (κ1) is 13.4. The molecule has 0 amide bonds. The topological polar surface area (TPSA) is 26.0 Å². The van der Waals surface area contributed by atoms with Crippen LogP contribution in [0.5, 0.6) is 0 Å². The monoisotopic (exact) mass is 289 g/mol. The highest BCUT2D eigenvalue weighted by molar-refractivity contribution is 8.00. The van der Waals surface area contributed by atoms with Crippen molar-refractivity contribution in [3.8, 4) is 0 Å². The number of hydrogen-bond acceptors (Lipinski definition) is 2. The summed E-state index contributed by atoms with van der Waals surface area (Å²) in [5, 5.41) is 1.99. The van der Waals surface area contributed by atoms with E-state index in [0.29, 0.717) is 21.0 Å². The number of benzene rings is 1. The van der Waals surface area contributed by atoms with Gasteiger partial charge in [-0.25, -0.2) is 0 Å². The number of anilines is 1. The molecule has 1 aliphatic rings. The molecule has 2 rings (SSSR count). The van der Waals surface area contributed by atoms with Gasteiger partial charge in [0.1, 0.15) is 0 Å². The lowest BCUT2D eigenvalue weighted by atomic mass is 9.91. The van der Waals surface area contributed by atoms with E-state index in [1.807, 2.05) is 11.8 Å². The second kappa shape index (κ2) is 5.73. The molecule has 1 aromatic rings. The van der Waals surface area contributed by atoms with Gasteiger partial charge in [-0.15, -0.1) is 11.8 Å². The molecule has 17 heavy (non-hydrogen) atoms. The Balaban J connectivity index is 2.12. The maximum Gasteiger partial charge on any atom is 0.0577 e. The zero-order valence-corrected chi connectivity index (χ0v) is 12.2. The van der Waals surface area contributed by atoms with Crippen molar-refractivity contribution in [3.05, 3.63) is 22.2 Å². The molecule has 2 atom stereocenters. The summed E-state index contributed by atoms with van der Waals surface area (Å²) in [4.78, 5) is 0.988. The maximum atomic E-state index is 6.21. The van der Waals surface area contributed by atoms with Crippen LogP contribution in [0.25, 0.3) is 0 Å². The molecule has 4 heteroatoms. The molecule has 0 saturated heterocycles. The van der Waals surface area contributed by atoms with Crippen LogP contribution in [0.3, 0.4) is 0 Å². The largest absolute Gasteiger partial charge is 0.399 e. The standard InChI is InChI=1S/C13H17Cl2NS/c1-8-3-2-4-10(5-8)17-13-11(14)6-9(16)7-12(13)15/h6-8,10H,2-5,16H2,1H3. The average Bonchev–Trinajstić information content (AvgIpc) is 2.23. The van der Waals surface area contributed by atoms with Crippen LogP contribution in [0.1, 0.15) is 32.6 Å². The zero-order valence-electron chi connectivity index (χ0n) is 9.88. The summed E-state index contributed by atoms with van der Waals surface area (Å²) < 4.78 is 0. The molecule has 0 heterocycles. The van der Waals surface area contributed by atoms with E-state index in [1.165, 1.54) is 25.7 Å². The molecule has 2 unspecified atom stereocenters. The average molecular weight is 290 g/mol. The van der Waals surface area contributed by atoms with E-state index >= 15 is 0 Å². The van der Waals surface area contributed by atoms with Crippen molar-refractivity contribution in [2.75, 3.05) is 5.73 Å². The minimum atomic E-state index is 0.626. The van der Waals surface area contributed by atoms with Crippen LogP contribution in [0.4, 0.5) is 5.69 Å². The molecule has 0 aliphatic heterocycles. The van der Waals surface area contributed by atoms with E-state index < -0.39 is 0 Å². The highest BCUT2D eigenvalue weighted by atomic mass is 35.5. The Hall–Kier alpha value is -0.0500. The first-order chi connectivity index (χ1) is 8.06. The smallest absolute Gasteiger partial charge is 0.0577 e. The van der Waals surface area contributed by atoms with E-state index in [4.69, 9.17) is 28.9 Å². The summed E-state index contributed by atoms with van der Waals surface area (Å²) in [6.07, 6.45) is 5.16. The third-order valence-corrected chi connectivity index (χ3v) is 5.45. The maximum absolute atomic E-state index is 6.21. The van der Waals surface area contributed by atoms with Crippen LogP contribution >= 0.6 is 35.0 Å². The lowest BCUT2D eigenvalue weighted by Gasteiger charge is -2.26. The van der Waals surface area contributed by atoms with E-state index in [0.717, 1.165) is 10.8 Å². The minimum Gasteiger partial charge on any atom is -0.399 e. The Morgan fingerprint density at radius 2 is 1.88 bits per heavy atom. The van der Waals surface area contributed by atoms with E-state index in [2.05, 4.69) is 6.92 Å². The number of hydrogen-bond donors (Lipinski definition) is 1. The molecule has 0 aromatic heterocycles. The van der Waals surface area contributed by atoms with E-state index in [1.54, 1.807) is 12.1 Å². The quantitative estimate of drug-likeness (QED) is 0.753. The second-order valence-corrected chi connectivity index (χ2v) is 6.95.